The molecule has 7 heteroatoms. The zero-order chi connectivity index (χ0) is 22.2. The van der Waals surface area contributed by atoms with Crippen molar-refractivity contribution in [3.63, 3.8) is 0 Å². The number of nitrogens with one attached hydrogen (secondary N) is 1. The molecule has 1 aliphatic rings. The van der Waals surface area contributed by atoms with E-state index in [1.54, 1.807) is 18.2 Å². The molecule has 2 aromatic carbocycles. The second-order valence-corrected chi connectivity index (χ2v) is 7.77. The number of piperazine rings is 1. The van der Waals surface area contributed by atoms with Gasteiger partial charge in [-0.3, -0.25) is 4.79 Å². The molecule has 0 aliphatic carbocycles. The van der Waals surface area contributed by atoms with Gasteiger partial charge in [0, 0.05) is 50.0 Å². The second kappa shape index (κ2) is 10.7. The Balaban J connectivity index is 1.46. The molecule has 1 fully saturated rings. The predicted molar refractivity (Wildman–Crippen MR) is 122 cm³/mol. The highest BCUT2D eigenvalue weighted by Crippen LogP contribution is 2.28. The number of anilines is 2. The summed E-state index contributed by atoms with van der Waals surface area (Å²) in [7, 11) is 3.68. The highest BCUT2D eigenvalue weighted by atomic mass is 16.5. The summed E-state index contributed by atoms with van der Waals surface area (Å²) in [4.78, 5) is 17.1. The van der Waals surface area contributed by atoms with Crippen molar-refractivity contribution < 1.29 is 14.3 Å². The first-order chi connectivity index (χ1) is 15.0. The molecule has 0 atom stereocenters. The van der Waals surface area contributed by atoms with Crippen LogP contribution in [0.25, 0.3) is 0 Å². The van der Waals surface area contributed by atoms with E-state index in [0.29, 0.717) is 36.5 Å². The smallest absolute Gasteiger partial charge is 0.224 e. The fourth-order valence-corrected chi connectivity index (χ4v) is 3.53. The number of likely N-dealkylation sites (N-methyl/N-ethyl adjacent to an activating group) is 1. The van der Waals surface area contributed by atoms with E-state index in [2.05, 4.69) is 40.4 Å². The first kappa shape index (κ1) is 22.4. The maximum absolute atomic E-state index is 12.4. The number of carbonyl (C=O) groups is 1. The van der Waals surface area contributed by atoms with Crippen molar-refractivity contribution in [2.24, 2.45) is 0 Å². The number of nitrogens with zero attached hydrogens (tertiary/aromatic N) is 3. The van der Waals surface area contributed by atoms with Gasteiger partial charge in [-0.1, -0.05) is 0 Å². The third-order valence-electron chi connectivity index (χ3n) is 5.45. The van der Waals surface area contributed by atoms with Gasteiger partial charge >= 0.3 is 0 Å². The van der Waals surface area contributed by atoms with Crippen LogP contribution in [0, 0.1) is 18.3 Å². The fourth-order valence-electron chi connectivity index (χ4n) is 3.53. The summed E-state index contributed by atoms with van der Waals surface area (Å²) in [5, 5.41) is 12.0. The first-order valence-electron chi connectivity index (χ1n) is 10.5. The number of amides is 1. The highest BCUT2D eigenvalue weighted by Gasteiger charge is 2.15. The standard InChI is InChI=1S/C24H30N4O3/c1-18-15-20(28-12-10-27(2)11-13-28)7-8-21(18)26-24(29)5-4-14-31-22-9-6-19(17-25)16-23(22)30-3/h6-9,15-16H,4-5,10-14H2,1-3H3,(H,26,29). The molecule has 0 spiro atoms. The van der Waals surface area contributed by atoms with Gasteiger partial charge < -0.3 is 24.6 Å². The minimum atomic E-state index is -0.0363. The first-order valence-corrected chi connectivity index (χ1v) is 10.5. The lowest BCUT2D eigenvalue weighted by molar-refractivity contribution is -0.116. The van der Waals surface area contributed by atoms with Gasteiger partial charge in [0.1, 0.15) is 0 Å². The minimum absolute atomic E-state index is 0.0363. The normalized spacial score (nSPS) is 14.1. The van der Waals surface area contributed by atoms with Crippen molar-refractivity contribution in [1.29, 1.82) is 5.26 Å². The number of nitriles is 1. The van der Waals surface area contributed by atoms with E-state index in [1.807, 2.05) is 13.0 Å². The molecule has 1 heterocycles. The number of methoxy groups -OCH3 is 1. The average molecular weight is 423 g/mol. The summed E-state index contributed by atoms with van der Waals surface area (Å²) < 4.78 is 11.0. The van der Waals surface area contributed by atoms with E-state index < -0.39 is 0 Å². The average Bonchev–Trinajstić information content (AvgIpc) is 2.78. The lowest BCUT2D eigenvalue weighted by Gasteiger charge is -2.34. The number of aryl methyl sites for hydroxylation is 1. The van der Waals surface area contributed by atoms with Gasteiger partial charge in [-0.05, 0) is 56.3 Å². The van der Waals surface area contributed by atoms with E-state index in [9.17, 15) is 4.79 Å². The molecule has 31 heavy (non-hydrogen) atoms. The maximum atomic E-state index is 12.4. The van der Waals surface area contributed by atoms with E-state index in [1.165, 1.54) is 12.8 Å². The maximum Gasteiger partial charge on any atom is 0.224 e. The molecule has 0 bridgehead atoms. The van der Waals surface area contributed by atoms with E-state index in [4.69, 9.17) is 14.7 Å². The van der Waals surface area contributed by atoms with Crippen LogP contribution in [0.4, 0.5) is 11.4 Å². The van der Waals surface area contributed by atoms with Crippen LogP contribution in [0.2, 0.25) is 0 Å². The molecule has 1 saturated heterocycles. The summed E-state index contributed by atoms with van der Waals surface area (Å²) in [6.07, 6.45) is 0.936. The molecule has 164 valence electrons. The quantitative estimate of drug-likeness (QED) is 0.657. The number of ether oxygens (including phenoxy) is 2. The number of carbonyl (C=O) groups excluding carboxylic acids is 1. The van der Waals surface area contributed by atoms with E-state index in [0.717, 1.165) is 37.4 Å². The van der Waals surface area contributed by atoms with Gasteiger partial charge in [0.15, 0.2) is 11.5 Å². The Bertz CT molecular complexity index is 946. The van der Waals surface area contributed by atoms with Gasteiger partial charge in [-0.25, -0.2) is 0 Å². The number of rotatable bonds is 8. The van der Waals surface area contributed by atoms with Gasteiger partial charge in [-0.15, -0.1) is 0 Å². The van der Waals surface area contributed by atoms with Gasteiger partial charge in [0.25, 0.3) is 0 Å². The zero-order valence-electron chi connectivity index (χ0n) is 18.5. The summed E-state index contributed by atoms with van der Waals surface area (Å²) in [5.74, 6) is 1.04. The Morgan fingerprint density at radius 3 is 2.58 bits per heavy atom. The molecule has 0 saturated carbocycles. The Hall–Kier alpha value is -3.24. The van der Waals surface area contributed by atoms with Crippen LogP contribution in [-0.2, 0) is 4.79 Å². The van der Waals surface area contributed by atoms with Crippen LogP contribution in [-0.4, -0.2) is 57.8 Å². The second-order valence-electron chi connectivity index (χ2n) is 7.77. The topological polar surface area (TPSA) is 77.8 Å². The number of hydrogen-bond acceptors (Lipinski definition) is 6. The molecule has 3 rings (SSSR count). The molecular weight excluding hydrogens is 392 g/mol. The van der Waals surface area contributed by atoms with Gasteiger partial charge in [0.05, 0.1) is 25.3 Å². The van der Waals surface area contributed by atoms with Crippen LogP contribution >= 0.6 is 0 Å². The van der Waals surface area contributed by atoms with Crippen molar-refractivity contribution in [2.75, 3.05) is 57.2 Å². The van der Waals surface area contributed by atoms with Crippen LogP contribution in [0.1, 0.15) is 24.0 Å². The van der Waals surface area contributed by atoms with Gasteiger partial charge in [0.2, 0.25) is 5.91 Å². The Kier molecular flexibility index (Phi) is 7.74. The fraction of sp³-hybridized carbons (Fsp3) is 0.417. The van der Waals surface area contributed by atoms with Crippen molar-refractivity contribution in [3.8, 4) is 17.6 Å². The van der Waals surface area contributed by atoms with Crippen LogP contribution in [0.5, 0.6) is 11.5 Å². The molecule has 0 radical (unpaired) electrons. The molecule has 0 unspecified atom stereocenters. The number of hydrogen-bond donors (Lipinski definition) is 1. The van der Waals surface area contributed by atoms with Crippen LogP contribution in [0.3, 0.4) is 0 Å². The van der Waals surface area contributed by atoms with Gasteiger partial charge in [-0.2, -0.15) is 5.26 Å². The molecule has 1 aliphatic heterocycles. The molecule has 1 N–H and O–H groups in total. The van der Waals surface area contributed by atoms with Crippen LogP contribution in [0.15, 0.2) is 36.4 Å². The highest BCUT2D eigenvalue weighted by molar-refractivity contribution is 5.91. The third kappa shape index (κ3) is 6.12. The summed E-state index contributed by atoms with van der Waals surface area (Å²) in [5.41, 5.74) is 3.62. The van der Waals surface area contributed by atoms with Crippen molar-refractivity contribution in [2.45, 2.75) is 19.8 Å². The number of benzene rings is 2. The summed E-state index contributed by atoms with van der Waals surface area (Å²) in [6.45, 7) is 6.58. The Labute approximate surface area is 184 Å². The van der Waals surface area contributed by atoms with Crippen molar-refractivity contribution >= 4 is 17.3 Å². The zero-order valence-corrected chi connectivity index (χ0v) is 18.5. The minimum Gasteiger partial charge on any atom is -0.493 e. The van der Waals surface area contributed by atoms with E-state index in [-0.39, 0.29) is 5.91 Å². The van der Waals surface area contributed by atoms with Crippen LogP contribution < -0.4 is 19.7 Å². The van der Waals surface area contributed by atoms with Crippen molar-refractivity contribution in [1.82, 2.24) is 4.90 Å². The molecular formula is C24H30N4O3. The molecule has 2 aromatic rings. The SMILES string of the molecule is COc1cc(C#N)ccc1OCCCC(=O)Nc1ccc(N2CCN(C)CC2)cc1C. The monoisotopic (exact) mass is 422 g/mol. The Morgan fingerprint density at radius 2 is 1.90 bits per heavy atom. The summed E-state index contributed by atoms with van der Waals surface area (Å²) in [6, 6.07) is 13.3. The lowest BCUT2D eigenvalue weighted by atomic mass is 10.1. The molecule has 0 aromatic heterocycles. The molecule has 1 amide bonds. The van der Waals surface area contributed by atoms with E-state index >= 15 is 0 Å². The molecule has 7 nitrogen and oxygen atoms in total. The predicted octanol–water partition coefficient (Wildman–Crippen LogP) is 3.42. The summed E-state index contributed by atoms with van der Waals surface area (Å²) >= 11 is 0. The lowest BCUT2D eigenvalue weighted by Crippen LogP contribution is -2.44. The largest absolute Gasteiger partial charge is 0.493 e. The third-order valence-corrected chi connectivity index (χ3v) is 5.45. The Morgan fingerprint density at radius 1 is 1.13 bits per heavy atom. The van der Waals surface area contributed by atoms with Crippen molar-refractivity contribution in [3.05, 3.63) is 47.5 Å².